The summed E-state index contributed by atoms with van der Waals surface area (Å²) < 4.78 is 39.1. The standard InChI is InChI=1S/C18H15Cl2F3N2OS/c19-13-4-5-15(14(20)9-13)24-17(26)25-6-7-27-10-16(25)11-2-1-3-12(8-11)18(21,22)23/h1-5,8-9,16H,6-7,10H2,(H,24,26). The third kappa shape index (κ3) is 4.83. The SMILES string of the molecule is O=C(Nc1ccc(Cl)cc1Cl)N1CCSCC1c1cccc(C(F)(F)F)c1. The van der Waals surface area contributed by atoms with E-state index in [9.17, 15) is 18.0 Å². The molecule has 2 aromatic carbocycles. The summed E-state index contributed by atoms with van der Waals surface area (Å²) in [6.45, 7) is 0.419. The molecule has 0 radical (unpaired) electrons. The summed E-state index contributed by atoms with van der Waals surface area (Å²) >= 11 is 13.5. The van der Waals surface area contributed by atoms with Crippen LogP contribution < -0.4 is 5.32 Å². The summed E-state index contributed by atoms with van der Waals surface area (Å²) in [6, 6.07) is 8.92. The van der Waals surface area contributed by atoms with Crippen molar-refractivity contribution in [1.82, 2.24) is 4.90 Å². The monoisotopic (exact) mass is 434 g/mol. The van der Waals surface area contributed by atoms with Gasteiger partial charge in [0.2, 0.25) is 0 Å². The van der Waals surface area contributed by atoms with Crippen LogP contribution in [-0.4, -0.2) is 29.0 Å². The molecule has 0 bridgehead atoms. The molecule has 1 atom stereocenters. The van der Waals surface area contributed by atoms with E-state index in [1.807, 2.05) is 0 Å². The van der Waals surface area contributed by atoms with Gasteiger partial charge in [-0.05, 0) is 35.9 Å². The summed E-state index contributed by atoms with van der Waals surface area (Å²) in [6.07, 6.45) is -4.43. The smallest absolute Gasteiger partial charge is 0.316 e. The number of rotatable bonds is 2. The predicted molar refractivity (Wildman–Crippen MR) is 104 cm³/mol. The van der Waals surface area contributed by atoms with Gasteiger partial charge in [-0.3, -0.25) is 0 Å². The lowest BCUT2D eigenvalue weighted by Gasteiger charge is -2.36. The van der Waals surface area contributed by atoms with Gasteiger partial charge in [-0.1, -0.05) is 35.3 Å². The number of carbonyl (C=O) groups excluding carboxylic acids is 1. The van der Waals surface area contributed by atoms with E-state index in [-0.39, 0.29) is 5.02 Å². The number of thioether (sulfide) groups is 1. The lowest BCUT2D eigenvalue weighted by molar-refractivity contribution is -0.137. The summed E-state index contributed by atoms with van der Waals surface area (Å²) in [5.74, 6) is 1.22. The van der Waals surface area contributed by atoms with Crippen LogP contribution in [0.15, 0.2) is 42.5 Å². The lowest BCUT2D eigenvalue weighted by atomic mass is 10.0. The van der Waals surface area contributed by atoms with Crippen LogP contribution in [0, 0.1) is 0 Å². The molecule has 0 saturated carbocycles. The fourth-order valence-corrected chi connectivity index (χ4v) is 4.37. The Hall–Kier alpha value is -1.57. The zero-order chi connectivity index (χ0) is 19.6. The summed E-state index contributed by atoms with van der Waals surface area (Å²) in [5.41, 5.74) is 0.123. The number of alkyl halides is 3. The zero-order valence-corrected chi connectivity index (χ0v) is 16.2. The van der Waals surface area contributed by atoms with Gasteiger partial charge in [0.25, 0.3) is 0 Å². The van der Waals surface area contributed by atoms with Crippen molar-refractivity contribution >= 4 is 46.7 Å². The number of carbonyl (C=O) groups is 1. The molecule has 1 saturated heterocycles. The maximum atomic E-state index is 13.0. The number of urea groups is 1. The second-order valence-corrected chi connectivity index (χ2v) is 7.96. The molecule has 3 rings (SSSR count). The number of hydrogen-bond acceptors (Lipinski definition) is 2. The molecule has 0 aromatic heterocycles. The van der Waals surface area contributed by atoms with E-state index in [0.29, 0.717) is 34.3 Å². The van der Waals surface area contributed by atoms with Gasteiger partial charge >= 0.3 is 12.2 Å². The Morgan fingerprint density at radius 3 is 2.67 bits per heavy atom. The van der Waals surface area contributed by atoms with Crippen molar-refractivity contribution < 1.29 is 18.0 Å². The van der Waals surface area contributed by atoms with Crippen molar-refractivity contribution in [2.45, 2.75) is 12.2 Å². The zero-order valence-electron chi connectivity index (χ0n) is 13.9. The van der Waals surface area contributed by atoms with Crippen molar-refractivity contribution in [3.05, 3.63) is 63.6 Å². The molecular formula is C18H15Cl2F3N2OS. The molecule has 9 heteroatoms. The fourth-order valence-electron chi connectivity index (χ4n) is 2.82. The molecule has 1 aliphatic heterocycles. The third-order valence-corrected chi connectivity index (χ3v) is 5.73. The lowest BCUT2D eigenvalue weighted by Crippen LogP contribution is -2.43. The minimum Gasteiger partial charge on any atom is -0.316 e. The van der Waals surface area contributed by atoms with Gasteiger partial charge in [0.15, 0.2) is 0 Å². The average Bonchev–Trinajstić information content (AvgIpc) is 2.63. The Labute approximate surface area is 168 Å². The second kappa shape index (κ2) is 8.20. The normalized spacial score (nSPS) is 17.7. The summed E-state index contributed by atoms with van der Waals surface area (Å²) in [7, 11) is 0. The van der Waals surface area contributed by atoms with Crippen molar-refractivity contribution in [2.24, 2.45) is 0 Å². The molecular weight excluding hydrogens is 420 g/mol. The summed E-state index contributed by atoms with van der Waals surface area (Å²) in [4.78, 5) is 14.3. The van der Waals surface area contributed by atoms with Crippen LogP contribution in [0.2, 0.25) is 10.0 Å². The Balaban J connectivity index is 1.84. The van der Waals surface area contributed by atoms with Crippen molar-refractivity contribution in [3.63, 3.8) is 0 Å². The molecule has 1 N–H and O–H groups in total. The van der Waals surface area contributed by atoms with Gasteiger partial charge in [-0.15, -0.1) is 0 Å². The van der Waals surface area contributed by atoms with Gasteiger partial charge < -0.3 is 10.2 Å². The molecule has 3 nitrogen and oxygen atoms in total. The topological polar surface area (TPSA) is 32.3 Å². The highest BCUT2D eigenvalue weighted by Crippen LogP contribution is 2.35. The molecule has 144 valence electrons. The van der Waals surface area contributed by atoms with Crippen LogP contribution in [0.5, 0.6) is 0 Å². The Morgan fingerprint density at radius 1 is 1.19 bits per heavy atom. The predicted octanol–water partition coefficient (Wildman–Crippen LogP) is 6.33. The molecule has 1 aliphatic rings. The first kappa shape index (κ1) is 20.2. The molecule has 1 fully saturated rings. The largest absolute Gasteiger partial charge is 0.416 e. The van der Waals surface area contributed by atoms with Crippen molar-refractivity contribution in [1.29, 1.82) is 0 Å². The summed E-state index contributed by atoms with van der Waals surface area (Å²) in [5, 5.41) is 3.45. The molecule has 27 heavy (non-hydrogen) atoms. The molecule has 1 heterocycles. The minimum atomic E-state index is -4.43. The maximum absolute atomic E-state index is 13.0. The highest BCUT2D eigenvalue weighted by molar-refractivity contribution is 7.99. The Morgan fingerprint density at radius 2 is 1.96 bits per heavy atom. The highest BCUT2D eigenvalue weighted by atomic mass is 35.5. The molecule has 2 amide bonds. The number of nitrogens with one attached hydrogen (secondary N) is 1. The number of amides is 2. The first-order valence-corrected chi connectivity index (χ1v) is 9.94. The van der Waals surface area contributed by atoms with Crippen LogP contribution in [0.4, 0.5) is 23.7 Å². The number of nitrogens with zero attached hydrogens (tertiary/aromatic N) is 1. The van der Waals surface area contributed by atoms with E-state index in [2.05, 4.69) is 5.32 Å². The van der Waals surface area contributed by atoms with E-state index in [0.717, 1.165) is 12.1 Å². The number of hydrogen-bond donors (Lipinski definition) is 1. The maximum Gasteiger partial charge on any atom is 0.416 e. The van der Waals surface area contributed by atoms with E-state index in [4.69, 9.17) is 23.2 Å². The van der Waals surface area contributed by atoms with E-state index >= 15 is 0 Å². The number of anilines is 1. The van der Waals surface area contributed by atoms with E-state index in [1.54, 1.807) is 30.0 Å². The molecule has 0 aliphatic carbocycles. The van der Waals surface area contributed by atoms with Gasteiger partial charge in [0.05, 0.1) is 22.3 Å². The van der Waals surface area contributed by atoms with Crippen LogP contribution in [-0.2, 0) is 6.18 Å². The van der Waals surface area contributed by atoms with Crippen LogP contribution >= 0.6 is 35.0 Å². The van der Waals surface area contributed by atoms with Gasteiger partial charge in [-0.2, -0.15) is 24.9 Å². The average molecular weight is 435 g/mol. The first-order valence-electron chi connectivity index (χ1n) is 8.03. The van der Waals surface area contributed by atoms with Crippen molar-refractivity contribution in [2.75, 3.05) is 23.4 Å². The van der Waals surface area contributed by atoms with E-state index < -0.39 is 23.8 Å². The van der Waals surface area contributed by atoms with Gasteiger partial charge in [0.1, 0.15) is 0 Å². The molecule has 1 unspecified atom stereocenters. The van der Waals surface area contributed by atoms with Crippen LogP contribution in [0.1, 0.15) is 17.2 Å². The van der Waals surface area contributed by atoms with Gasteiger partial charge in [0, 0.05) is 23.1 Å². The first-order chi connectivity index (χ1) is 12.8. The molecule has 0 spiro atoms. The Bertz CT molecular complexity index is 848. The highest BCUT2D eigenvalue weighted by Gasteiger charge is 2.33. The second-order valence-electron chi connectivity index (χ2n) is 5.96. The van der Waals surface area contributed by atoms with Crippen LogP contribution in [0.25, 0.3) is 0 Å². The van der Waals surface area contributed by atoms with Crippen molar-refractivity contribution in [3.8, 4) is 0 Å². The van der Waals surface area contributed by atoms with E-state index in [1.165, 1.54) is 17.0 Å². The Kier molecular flexibility index (Phi) is 6.13. The number of benzene rings is 2. The fraction of sp³-hybridized carbons (Fsp3) is 0.278. The quantitative estimate of drug-likeness (QED) is 0.598. The third-order valence-electron chi connectivity index (χ3n) is 4.16. The molecule has 2 aromatic rings. The minimum absolute atomic E-state index is 0.290. The van der Waals surface area contributed by atoms with Gasteiger partial charge in [-0.25, -0.2) is 4.79 Å². The number of halogens is 5. The van der Waals surface area contributed by atoms with Crippen LogP contribution in [0.3, 0.4) is 0 Å².